The Kier molecular flexibility index (Phi) is 3.74. The zero-order valence-electron chi connectivity index (χ0n) is 8.51. The van der Waals surface area contributed by atoms with Crippen molar-refractivity contribution >= 4 is 0 Å². The molecule has 0 heterocycles. The minimum atomic E-state index is -4.27. The van der Waals surface area contributed by atoms with Crippen LogP contribution in [-0.4, -0.2) is 6.04 Å². The zero-order valence-corrected chi connectivity index (χ0v) is 8.51. The minimum Gasteiger partial charge on any atom is -0.327 e. The van der Waals surface area contributed by atoms with Crippen molar-refractivity contribution in [2.45, 2.75) is 32.0 Å². The summed E-state index contributed by atoms with van der Waals surface area (Å²) in [6.07, 6.45) is -3.02. The van der Waals surface area contributed by atoms with Gasteiger partial charge in [0.05, 0.1) is 5.56 Å². The summed E-state index contributed by atoms with van der Waals surface area (Å²) in [5, 5.41) is 0. The summed E-state index contributed by atoms with van der Waals surface area (Å²) in [6, 6.07) is 5.25. The summed E-state index contributed by atoms with van der Waals surface area (Å²) < 4.78 is 37.1. The predicted octanol–water partition coefficient (Wildman–Crippen LogP) is 2.99. The summed E-state index contributed by atoms with van der Waals surface area (Å²) in [5.41, 5.74) is 5.71. The van der Waals surface area contributed by atoms with Crippen LogP contribution < -0.4 is 5.73 Å². The van der Waals surface area contributed by atoms with E-state index in [9.17, 15) is 13.2 Å². The molecular formula is C11H14F3N. The van der Waals surface area contributed by atoms with E-state index < -0.39 is 11.7 Å². The lowest BCUT2D eigenvalue weighted by Crippen LogP contribution is -2.21. The number of halogens is 3. The third kappa shape index (κ3) is 3.55. The maximum Gasteiger partial charge on any atom is 0.416 e. The maximum atomic E-state index is 12.4. The average molecular weight is 217 g/mol. The van der Waals surface area contributed by atoms with Gasteiger partial charge in [-0.3, -0.25) is 0 Å². The van der Waals surface area contributed by atoms with Crippen LogP contribution in [0.15, 0.2) is 24.3 Å². The van der Waals surface area contributed by atoms with Gasteiger partial charge in [0.1, 0.15) is 0 Å². The SMILES string of the molecule is CC[C@H](N)Cc1cccc(C(F)(F)F)c1. The van der Waals surface area contributed by atoms with Crippen molar-refractivity contribution in [3.63, 3.8) is 0 Å². The Balaban J connectivity index is 2.84. The molecule has 0 saturated heterocycles. The lowest BCUT2D eigenvalue weighted by atomic mass is 10.0. The van der Waals surface area contributed by atoms with Gasteiger partial charge in [0.2, 0.25) is 0 Å². The van der Waals surface area contributed by atoms with Crippen LogP contribution in [-0.2, 0) is 12.6 Å². The normalized spacial score (nSPS) is 13.9. The number of hydrogen-bond acceptors (Lipinski definition) is 1. The van der Waals surface area contributed by atoms with Gasteiger partial charge in [0.15, 0.2) is 0 Å². The highest BCUT2D eigenvalue weighted by Gasteiger charge is 2.30. The molecule has 1 atom stereocenters. The van der Waals surface area contributed by atoms with E-state index in [2.05, 4.69) is 0 Å². The highest BCUT2D eigenvalue weighted by atomic mass is 19.4. The fourth-order valence-electron chi connectivity index (χ4n) is 1.32. The molecule has 0 unspecified atom stereocenters. The highest BCUT2D eigenvalue weighted by molar-refractivity contribution is 5.26. The molecule has 0 fully saturated rings. The maximum absolute atomic E-state index is 12.4. The van der Waals surface area contributed by atoms with Crippen molar-refractivity contribution in [3.05, 3.63) is 35.4 Å². The predicted molar refractivity (Wildman–Crippen MR) is 53.4 cm³/mol. The first kappa shape index (κ1) is 12.0. The van der Waals surface area contributed by atoms with Gasteiger partial charge in [-0.05, 0) is 24.5 Å². The van der Waals surface area contributed by atoms with E-state index in [4.69, 9.17) is 5.73 Å². The van der Waals surface area contributed by atoms with Gasteiger partial charge >= 0.3 is 6.18 Å². The lowest BCUT2D eigenvalue weighted by Gasteiger charge is -2.11. The van der Waals surface area contributed by atoms with Gasteiger partial charge in [-0.25, -0.2) is 0 Å². The summed E-state index contributed by atoms with van der Waals surface area (Å²) in [7, 11) is 0. The van der Waals surface area contributed by atoms with Crippen LogP contribution >= 0.6 is 0 Å². The molecular weight excluding hydrogens is 203 g/mol. The Bertz CT molecular complexity index is 320. The number of hydrogen-bond donors (Lipinski definition) is 1. The van der Waals surface area contributed by atoms with Crippen molar-refractivity contribution in [3.8, 4) is 0 Å². The molecule has 2 N–H and O–H groups in total. The standard InChI is InChI=1S/C11H14F3N/c1-2-10(15)7-8-4-3-5-9(6-8)11(12,13)14/h3-6,10H,2,7,15H2,1H3/t10-/m0/s1. The monoisotopic (exact) mass is 217 g/mol. The van der Waals surface area contributed by atoms with Gasteiger partial charge in [0.25, 0.3) is 0 Å². The van der Waals surface area contributed by atoms with Crippen LogP contribution in [0.4, 0.5) is 13.2 Å². The largest absolute Gasteiger partial charge is 0.416 e. The molecule has 1 aromatic rings. The molecule has 15 heavy (non-hydrogen) atoms. The lowest BCUT2D eigenvalue weighted by molar-refractivity contribution is -0.137. The quantitative estimate of drug-likeness (QED) is 0.827. The van der Waals surface area contributed by atoms with Crippen LogP contribution in [0.3, 0.4) is 0 Å². The summed E-state index contributed by atoms with van der Waals surface area (Å²) in [5.74, 6) is 0. The minimum absolute atomic E-state index is 0.0755. The van der Waals surface area contributed by atoms with Gasteiger partial charge in [0, 0.05) is 6.04 Å². The Morgan fingerprint density at radius 1 is 1.33 bits per heavy atom. The van der Waals surface area contributed by atoms with Gasteiger partial charge in [-0.2, -0.15) is 13.2 Å². The summed E-state index contributed by atoms with van der Waals surface area (Å²) in [4.78, 5) is 0. The van der Waals surface area contributed by atoms with Crippen LogP contribution in [0.25, 0.3) is 0 Å². The first-order valence-electron chi connectivity index (χ1n) is 4.85. The molecule has 0 aliphatic heterocycles. The summed E-state index contributed by atoms with van der Waals surface area (Å²) >= 11 is 0. The molecule has 1 aromatic carbocycles. The third-order valence-electron chi connectivity index (χ3n) is 2.28. The number of rotatable bonds is 3. The van der Waals surface area contributed by atoms with E-state index in [1.54, 1.807) is 6.07 Å². The second-order valence-electron chi connectivity index (χ2n) is 3.57. The molecule has 1 nitrogen and oxygen atoms in total. The fraction of sp³-hybridized carbons (Fsp3) is 0.455. The zero-order chi connectivity index (χ0) is 11.5. The fourth-order valence-corrected chi connectivity index (χ4v) is 1.32. The molecule has 84 valence electrons. The first-order valence-corrected chi connectivity index (χ1v) is 4.85. The molecule has 0 spiro atoms. The molecule has 0 aliphatic rings. The molecule has 0 radical (unpaired) electrons. The molecule has 0 aromatic heterocycles. The van der Waals surface area contributed by atoms with E-state index in [0.29, 0.717) is 12.0 Å². The Hall–Kier alpha value is -1.03. The smallest absolute Gasteiger partial charge is 0.327 e. The third-order valence-corrected chi connectivity index (χ3v) is 2.28. The average Bonchev–Trinajstić information content (AvgIpc) is 2.17. The number of alkyl halides is 3. The van der Waals surface area contributed by atoms with Crippen molar-refractivity contribution < 1.29 is 13.2 Å². The topological polar surface area (TPSA) is 26.0 Å². The Morgan fingerprint density at radius 2 is 2.00 bits per heavy atom. The number of nitrogens with two attached hydrogens (primary N) is 1. The van der Waals surface area contributed by atoms with Crippen LogP contribution in [0.1, 0.15) is 24.5 Å². The van der Waals surface area contributed by atoms with Crippen molar-refractivity contribution in [2.24, 2.45) is 5.73 Å². The van der Waals surface area contributed by atoms with E-state index in [0.717, 1.165) is 18.6 Å². The molecule has 0 amide bonds. The first-order chi connectivity index (χ1) is 6.93. The van der Waals surface area contributed by atoms with Crippen LogP contribution in [0, 0.1) is 0 Å². The molecule has 0 aliphatic carbocycles. The van der Waals surface area contributed by atoms with Crippen molar-refractivity contribution in [2.75, 3.05) is 0 Å². The van der Waals surface area contributed by atoms with E-state index in [-0.39, 0.29) is 6.04 Å². The van der Waals surface area contributed by atoms with Gasteiger partial charge in [-0.15, -0.1) is 0 Å². The Labute approximate surface area is 87.1 Å². The molecule has 4 heteroatoms. The summed E-state index contributed by atoms with van der Waals surface area (Å²) in [6.45, 7) is 1.91. The van der Waals surface area contributed by atoms with E-state index in [1.807, 2.05) is 6.92 Å². The highest BCUT2D eigenvalue weighted by Crippen LogP contribution is 2.29. The van der Waals surface area contributed by atoms with E-state index in [1.165, 1.54) is 6.07 Å². The van der Waals surface area contributed by atoms with Crippen LogP contribution in [0.5, 0.6) is 0 Å². The van der Waals surface area contributed by atoms with Crippen LogP contribution in [0.2, 0.25) is 0 Å². The van der Waals surface area contributed by atoms with Crippen molar-refractivity contribution in [1.82, 2.24) is 0 Å². The Morgan fingerprint density at radius 3 is 2.53 bits per heavy atom. The second-order valence-corrected chi connectivity index (χ2v) is 3.57. The van der Waals surface area contributed by atoms with Gasteiger partial charge < -0.3 is 5.73 Å². The molecule has 1 rings (SSSR count). The van der Waals surface area contributed by atoms with Gasteiger partial charge in [-0.1, -0.05) is 25.1 Å². The number of benzene rings is 1. The second kappa shape index (κ2) is 4.66. The van der Waals surface area contributed by atoms with E-state index >= 15 is 0 Å². The van der Waals surface area contributed by atoms with Crippen molar-refractivity contribution in [1.29, 1.82) is 0 Å². The molecule has 0 saturated carbocycles. The molecule has 0 bridgehead atoms.